The van der Waals surface area contributed by atoms with Gasteiger partial charge in [0.05, 0.1) is 0 Å². The van der Waals surface area contributed by atoms with Gasteiger partial charge in [0.2, 0.25) is 0 Å². The summed E-state index contributed by atoms with van der Waals surface area (Å²) in [5.74, 6) is 0.325. The summed E-state index contributed by atoms with van der Waals surface area (Å²) in [4.78, 5) is 2.40. The fraction of sp³-hybridized carbons (Fsp3) is 0.368. The third kappa shape index (κ3) is 3.54. The smallest absolute Gasteiger partial charge is 0.123 e. The molecule has 116 valence electrons. The molecule has 1 heterocycles. The molecule has 0 bridgehead atoms. The van der Waals surface area contributed by atoms with Gasteiger partial charge < -0.3 is 5.11 Å². The second-order valence-corrected chi connectivity index (χ2v) is 6.11. The van der Waals surface area contributed by atoms with Crippen molar-refractivity contribution in [2.45, 2.75) is 18.9 Å². The number of benzene rings is 2. The molecule has 0 spiro atoms. The molecule has 0 saturated carbocycles. The Morgan fingerprint density at radius 3 is 2.45 bits per heavy atom. The molecule has 1 aliphatic heterocycles. The summed E-state index contributed by atoms with van der Waals surface area (Å²) < 4.78 is 13.1. The topological polar surface area (TPSA) is 23.5 Å². The van der Waals surface area contributed by atoms with Gasteiger partial charge in [-0.1, -0.05) is 42.5 Å². The maximum atomic E-state index is 13.1. The molecule has 2 aromatic rings. The zero-order valence-electron chi connectivity index (χ0n) is 12.7. The Bertz CT molecular complexity index is 584. The first kappa shape index (κ1) is 15.2. The highest BCUT2D eigenvalue weighted by Gasteiger charge is 2.29. The number of rotatable bonds is 4. The minimum Gasteiger partial charge on any atom is -0.396 e. The maximum absolute atomic E-state index is 13.1. The Morgan fingerprint density at radius 2 is 1.77 bits per heavy atom. The van der Waals surface area contributed by atoms with Crippen LogP contribution < -0.4 is 0 Å². The lowest BCUT2D eigenvalue weighted by Crippen LogP contribution is -2.40. The van der Waals surface area contributed by atoms with Crippen LogP contribution in [0.4, 0.5) is 4.39 Å². The van der Waals surface area contributed by atoms with Crippen LogP contribution >= 0.6 is 0 Å². The van der Waals surface area contributed by atoms with Crippen LogP contribution in [0.2, 0.25) is 0 Å². The van der Waals surface area contributed by atoms with E-state index in [1.807, 2.05) is 18.2 Å². The Kier molecular flexibility index (Phi) is 4.86. The number of nitrogens with zero attached hydrogens (tertiary/aromatic N) is 1. The van der Waals surface area contributed by atoms with E-state index >= 15 is 0 Å². The van der Waals surface area contributed by atoms with Gasteiger partial charge in [0.25, 0.3) is 0 Å². The summed E-state index contributed by atoms with van der Waals surface area (Å²) in [6.07, 6.45) is 1.00. The molecule has 2 nitrogen and oxygen atoms in total. The zero-order chi connectivity index (χ0) is 15.4. The third-order valence-corrected chi connectivity index (χ3v) is 4.60. The van der Waals surface area contributed by atoms with Crippen molar-refractivity contribution in [1.82, 2.24) is 4.90 Å². The lowest BCUT2D eigenvalue weighted by Gasteiger charge is -2.38. The summed E-state index contributed by atoms with van der Waals surface area (Å²) >= 11 is 0. The number of halogens is 1. The Morgan fingerprint density at radius 1 is 1.05 bits per heavy atom. The molecule has 2 aromatic carbocycles. The lowest BCUT2D eigenvalue weighted by molar-refractivity contribution is 0.0972. The summed E-state index contributed by atoms with van der Waals surface area (Å²) in [5, 5.41) is 9.76. The van der Waals surface area contributed by atoms with Crippen molar-refractivity contribution >= 4 is 0 Å². The molecule has 1 saturated heterocycles. The highest BCUT2D eigenvalue weighted by molar-refractivity contribution is 5.22. The van der Waals surface area contributed by atoms with Crippen LogP contribution in [-0.4, -0.2) is 29.7 Å². The van der Waals surface area contributed by atoms with Crippen molar-refractivity contribution < 1.29 is 9.50 Å². The van der Waals surface area contributed by atoms with Crippen molar-refractivity contribution in [3.8, 4) is 0 Å². The van der Waals surface area contributed by atoms with Gasteiger partial charge in [-0.2, -0.15) is 0 Å². The molecule has 3 rings (SSSR count). The predicted molar refractivity (Wildman–Crippen MR) is 86.1 cm³/mol. The van der Waals surface area contributed by atoms with E-state index in [0.29, 0.717) is 5.92 Å². The second-order valence-electron chi connectivity index (χ2n) is 6.11. The summed E-state index contributed by atoms with van der Waals surface area (Å²) in [6.45, 7) is 2.99. The lowest BCUT2D eigenvalue weighted by atomic mass is 9.81. The SMILES string of the molecule is OC[C@H]1CN(Cc2ccccc2)CCC1c1ccc(F)cc1. The normalized spacial score (nSPS) is 22.6. The molecule has 0 aromatic heterocycles. The van der Waals surface area contributed by atoms with Crippen molar-refractivity contribution in [3.05, 3.63) is 71.5 Å². The van der Waals surface area contributed by atoms with Gasteiger partial charge in [-0.15, -0.1) is 0 Å². The zero-order valence-corrected chi connectivity index (χ0v) is 12.7. The number of aliphatic hydroxyl groups is 1. The number of hydrogen-bond acceptors (Lipinski definition) is 2. The molecule has 0 aliphatic carbocycles. The Labute approximate surface area is 131 Å². The van der Waals surface area contributed by atoms with E-state index in [2.05, 4.69) is 29.2 Å². The van der Waals surface area contributed by atoms with Gasteiger partial charge in [-0.3, -0.25) is 4.90 Å². The van der Waals surface area contributed by atoms with Crippen molar-refractivity contribution in [2.24, 2.45) is 5.92 Å². The fourth-order valence-corrected chi connectivity index (χ4v) is 3.43. The maximum Gasteiger partial charge on any atom is 0.123 e. The van der Waals surface area contributed by atoms with E-state index in [9.17, 15) is 9.50 Å². The first-order valence-electron chi connectivity index (χ1n) is 7.89. The molecule has 22 heavy (non-hydrogen) atoms. The first-order chi connectivity index (χ1) is 10.8. The van der Waals surface area contributed by atoms with Crippen LogP contribution in [0.3, 0.4) is 0 Å². The molecule has 1 unspecified atom stereocenters. The largest absolute Gasteiger partial charge is 0.396 e. The van der Waals surface area contributed by atoms with E-state index in [0.717, 1.165) is 31.6 Å². The standard InChI is InChI=1S/C19H22FNO/c20-18-8-6-16(7-9-18)19-10-11-21(13-17(19)14-22)12-15-4-2-1-3-5-15/h1-9,17,19,22H,10-14H2/t17-,19?/m1/s1. The van der Waals surface area contributed by atoms with Gasteiger partial charge in [0.15, 0.2) is 0 Å². The third-order valence-electron chi connectivity index (χ3n) is 4.60. The molecular formula is C19H22FNO. The minimum atomic E-state index is -0.203. The molecule has 0 radical (unpaired) electrons. The molecule has 1 fully saturated rings. The first-order valence-corrected chi connectivity index (χ1v) is 7.89. The van der Waals surface area contributed by atoms with E-state index in [1.54, 1.807) is 0 Å². The summed E-state index contributed by atoms with van der Waals surface area (Å²) in [5.41, 5.74) is 2.44. The fourth-order valence-electron chi connectivity index (χ4n) is 3.43. The van der Waals surface area contributed by atoms with Gasteiger partial charge >= 0.3 is 0 Å². The quantitative estimate of drug-likeness (QED) is 0.935. The van der Waals surface area contributed by atoms with Crippen LogP contribution in [-0.2, 0) is 6.54 Å². The molecular weight excluding hydrogens is 277 g/mol. The highest BCUT2D eigenvalue weighted by atomic mass is 19.1. The second kappa shape index (κ2) is 7.03. The minimum absolute atomic E-state index is 0.174. The van der Waals surface area contributed by atoms with Gasteiger partial charge in [-0.25, -0.2) is 4.39 Å². The van der Waals surface area contributed by atoms with Gasteiger partial charge in [0.1, 0.15) is 5.82 Å². The number of likely N-dealkylation sites (tertiary alicyclic amines) is 1. The van der Waals surface area contributed by atoms with Crippen molar-refractivity contribution in [1.29, 1.82) is 0 Å². The number of aliphatic hydroxyl groups excluding tert-OH is 1. The van der Waals surface area contributed by atoms with Crippen molar-refractivity contribution in [2.75, 3.05) is 19.7 Å². The average Bonchev–Trinajstić information content (AvgIpc) is 2.56. The molecule has 3 heteroatoms. The molecule has 2 atom stereocenters. The summed E-state index contributed by atoms with van der Waals surface area (Å²) in [7, 11) is 0. The van der Waals surface area contributed by atoms with Gasteiger partial charge in [0, 0.05) is 25.6 Å². The van der Waals surface area contributed by atoms with Crippen molar-refractivity contribution in [3.63, 3.8) is 0 Å². The van der Waals surface area contributed by atoms with Crippen LogP contribution in [0.5, 0.6) is 0 Å². The Balaban J connectivity index is 1.67. The number of piperidine rings is 1. The monoisotopic (exact) mass is 299 g/mol. The van der Waals surface area contributed by atoms with E-state index in [-0.39, 0.29) is 18.3 Å². The van der Waals surface area contributed by atoms with E-state index in [4.69, 9.17) is 0 Å². The van der Waals surface area contributed by atoms with E-state index < -0.39 is 0 Å². The van der Waals surface area contributed by atoms with Crippen LogP contribution in [0.15, 0.2) is 54.6 Å². The van der Waals surface area contributed by atoms with Gasteiger partial charge in [-0.05, 0) is 42.1 Å². The van der Waals surface area contributed by atoms with Crippen LogP contribution in [0.1, 0.15) is 23.5 Å². The van der Waals surface area contributed by atoms with Crippen LogP contribution in [0.25, 0.3) is 0 Å². The molecule has 1 aliphatic rings. The predicted octanol–water partition coefficient (Wildman–Crippen LogP) is 3.42. The molecule has 0 amide bonds. The van der Waals surface area contributed by atoms with E-state index in [1.165, 1.54) is 17.7 Å². The average molecular weight is 299 g/mol. The highest BCUT2D eigenvalue weighted by Crippen LogP contribution is 2.33. The Hall–Kier alpha value is -1.71. The summed E-state index contributed by atoms with van der Waals surface area (Å²) in [6, 6.07) is 17.2. The number of hydrogen-bond donors (Lipinski definition) is 1. The van der Waals surface area contributed by atoms with Crippen LogP contribution in [0, 0.1) is 11.7 Å². The molecule has 1 N–H and O–H groups in total.